The van der Waals surface area contributed by atoms with E-state index in [9.17, 15) is 10.2 Å². The average Bonchev–Trinajstić information content (AvgIpc) is 2.99. The molecule has 4 aromatic carbocycles. The van der Waals surface area contributed by atoms with Gasteiger partial charge in [-0.3, -0.25) is 0 Å². The third-order valence-electron chi connectivity index (χ3n) is 5.95. The molecule has 4 rings (SSSR count). The van der Waals surface area contributed by atoms with Crippen molar-refractivity contribution in [2.75, 3.05) is 24.7 Å². The molecule has 4 nitrogen and oxygen atoms in total. The Bertz CT molecular complexity index is 1290. The molecule has 0 saturated heterocycles. The molecule has 0 amide bonds. The van der Waals surface area contributed by atoms with Crippen molar-refractivity contribution < 1.29 is 18.6 Å². The fourth-order valence-electron chi connectivity index (χ4n) is 4.14. The maximum absolute atomic E-state index is 15.8. The SMILES string of the molecule is O=S(=O)(S(CCCO)(Sc1ccccc1)c1ccccc1)S(CCCO)(Sc1ccccc1)c1ccccc1. The minimum absolute atomic E-state index is 0.0947. The van der Waals surface area contributed by atoms with E-state index in [1.165, 1.54) is 21.6 Å². The Labute approximate surface area is 241 Å². The third kappa shape index (κ3) is 6.56. The summed E-state index contributed by atoms with van der Waals surface area (Å²) in [6.07, 6.45) is 0.729. The van der Waals surface area contributed by atoms with Crippen LogP contribution >= 0.6 is 37.8 Å². The lowest BCUT2D eigenvalue weighted by molar-refractivity contribution is 0.296. The molecule has 0 radical (unpaired) electrons. The second-order valence-corrected chi connectivity index (χ2v) is 27.3. The highest BCUT2D eigenvalue weighted by Gasteiger charge is 2.53. The van der Waals surface area contributed by atoms with Crippen molar-refractivity contribution in [1.82, 2.24) is 0 Å². The van der Waals surface area contributed by atoms with Crippen LogP contribution in [0.5, 0.6) is 0 Å². The summed E-state index contributed by atoms with van der Waals surface area (Å²) in [4.78, 5) is 3.31. The zero-order chi connectivity index (χ0) is 27.6. The van der Waals surface area contributed by atoms with E-state index in [4.69, 9.17) is 0 Å². The normalized spacial score (nSPS) is 16.5. The van der Waals surface area contributed by atoms with E-state index in [2.05, 4.69) is 0 Å². The molecule has 0 aromatic heterocycles. The first-order valence-corrected chi connectivity index (χ1v) is 21.5. The van der Waals surface area contributed by atoms with Crippen LogP contribution in [-0.4, -0.2) is 43.4 Å². The highest BCUT2D eigenvalue weighted by Crippen LogP contribution is 2.87. The summed E-state index contributed by atoms with van der Waals surface area (Å²) in [7, 11) is -6.42. The molecule has 4 aromatic rings. The molecule has 39 heavy (non-hydrogen) atoms. The molecule has 0 spiro atoms. The number of hydrogen-bond acceptors (Lipinski definition) is 6. The molecule has 2 unspecified atom stereocenters. The van der Waals surface area contributed by atoms with Crippen LogP contribution in [0.3, 0.4) is 0 Å². The molecule has 208 valence electrons. The van der Waals surface area contributed by atoms with E-state index < -0.39 is 24.1 Å². The molecule has 9 heteroatoms. The highest BCUT2D eigenvalue weighted by atomic mass is 33.9. The van der Waals surface area contributed by atoms with Crippen molar-refractivity contribution >= 4 is 45.7 Å². The molecular weight excluding hydrogens is 585 g/mol. The Hall–Kier alpha value is -1.85. The Morgan fingerprint density at radius 3 is 1.10 bits per heavy atom. The van der Waals surface area contributed by atoms with Crippen molar-refractivity contribution in [2.45, 2.75) is 32.4 Å². The maximum Gasteiger partial charge on any atom is 0.244 e. The highest BCUT2D eigenvalue weighted by molar-refractivity contribution is 9.48. The lowest BCUT2D eigenvalue weighted by atomic mass is 10.4. The van der Waals surface area contributed by atoms with Crippen LogP contribution in [0.2, 0.25) is 0 Å². The van der Waals surface area contributed by atoms with E-state index in [0.29, 0.717) is 24.3 Å². The van der Waals surface area contributed by atoms with E-state index in [-0.39, 0.29) is 13.2 Å². The Kier molecular flexibility index (Phi) is 10.9. The smallest absolute Gasteiger partial charge is 0.244 e. The Balaban J connectivity index is 2.05. The summed E-state index contributed by atoms with van der Waals surface area (Å²) in [5.74, 6) is 0.650. The number of benzene rings is 4. The third-order valence-corrected chi connectivity index (χ3v) is 33.6. The first-order chi connectivity index (χ1) is 19.0. The van der Waals surface area contributed by atoms with Crippen molar-refractivity contribution in [1.29, 1.82) is 0 Å². The van der Waals surface area contributed by atoms with Crippen LogP contribution in [0.15, 0.2) is 141 Å². The molecular formula is C30H34O4S5. The predicted octanol–water partition coefficient (Wildman–Crippen LogP) is 8.14. The van der Waals surface area contributed by atoms with Crippen molar-refractivity contribution in [2.24, 2.45) is 0 Å². The van der Waals surface area contributed by atoms with Gasteiger partial charge in [0.25, 0.3) is 0 Å². The van der Waals surface area contributed by atoms with Gasteiger partial charge in [-0.15, -0.1) is 0 Å². The lowest BCUT2D eigenvalue weighted by Crippen LogP contribution is -2.23. The Morgan fingerprint density at radius 1 is 0.487 bits per heavy atom. The van der Waals surface area contributed by atoms with Crippen LogP contribution < -0.4 is 0 Å². The van der Waals surface area contributed by atoms with Gasteiger partial charge in [0.05, 0.1) is 0 Å². The number of rotatable bonds is 14. The Morgan fingerprint density at radius 2 is 0.795 bits per heavy atom. The molecule has 0 aliphatic carbocycles. The van der Waals surface area contributed by atoms with Crippen LogP contribution in [0.25, 0.3) is 0 Å². The van der Waals surface area contributed by atoms with E-state index in [1.54, 1.807) is 0 Å². The van der Waals surface area contributed by atoms with E-state index in [0.717, 1.165) is 19.6 Å². The standard InChI is InChI=1S/C30H34O4S5/c31-23-13-25-37(29-19-9-3-10-20-29,35-27-15-5-1-6-16-27)39(33,34)38(26-14-24-32,30-21-11-4-12-22-30)36-28-17-7-2-8-18-28/h1-12,15-22,31-32H,13-14,23-26H2. The number of hydrogen-bond donors (Lipinski definition) is 2. The van der Waals surface area contributed by atoms with Crippen molar-refractivity contribution in [3.8, 4) is 0 Å². The molecule has 2 N–H and O–H groups in total. The predicted molar refractivity (Wildman–Crippen MR) is 171 cm³/mol. The van der Waals surface area contributed by atoms with Crippen LogP contribution in [0.4, 0.5) is 0 Å². The summed E-state index contributed by atoms with van der Waals surface area (Å²) in [6, 6.07) is 38.5. The second kappa shape index (κ2) is 14.2. The van der Waals surface area contributed by atoms with Gasteiger partial charge in [0.1, 0.15) is 0 Å². The molecule has 2 atom stereocenters. The van der Waals surface area contributed by atoms with Gasteiger partial charge < -0.3 is 10.2 Å². The van der Waals surface area contributed by atoms with E-state index in [1.807, 2.05) is 121 Å². The maximum atomic E-state index is 15.8. The first-order valence-electron chi connectivity index (χ1n) is 12.7. The van der Waals surface area contributed by atoms with E-state index >= 15 is 8.42 Å². The quantitative estimate of drug-likeness (QED) is 0.139. The van der Waals surface area contributed by atoms with Gasteiger partial charge in [0.15, 0.2) is 0 Å². The number of aliphatic hydroxyl groups excluding tert-OH is 2. The molecule has 0 saturated carbocycles. The van der Waals surface area contributed by atoms with Crippen LogP contribution in [0, 0.1) is 0 Å². The van der Waals surface area contributed by atoms with Crippen molar-refractivity contribution in [3.05, 3.63) is 121 Å². The summed E-state index contributed by atoms with van der Waals surface area (Å²) in [5.41, 5.74) is 0. The topological polar surface area (TPSA) is 74.6 Å². The minimum atomic E-state index is -3.96. The van der Waals surface area contributed by atoms with Crippen LogP contribution in [0.1, 0.15) is 12.8 Å². The first kappa shape index (κ1) is 30.1. The lowest BCUT2D eigenvalue weighted by Gasteiger charge is -2.49. The summed E-state index contributed by atoms with van der Waals surface area (Å²) < 4.78 is 31.5. The number of aliphatic hydroxyl groups is 2. The molecule has 0 aliphatic heterocycles. The van der Waals surface area contributed by atoms with Gasteiger partial charge in [-0.2, -0.15) is 0 Å². The van der Waals surface area contributed by atoms with Crippen LogP contribution in [-0.2, 0) is 7.90 Å². The molecule has 0 aliphatic rings. The van der Waals surface area contributed by atoms with Gasteiger partial charge in [-0.1, -0.05) is 94.4 Å². The van der Waals surface area contributed by atoms with Gasteiger partial charge in [0, 0.05) is 44.3 Å². The summed E-state index contributed by atoms with van der Waals surface area (Å²) in [6.45, 7) is -0.189. The summed E-state index contributed by atoms with van der Waals surface area (Å²) >= 11 is 0. The minimum Gasteiger partial charge on any atom is -0.396 e. The largest absolute Gasteiger partial charge is 0.396 e. The molecule has 0 bridgehead atoms. The average molecular weight is 619 g/mol. The van der Waals surface area contributed by atoms with Gasteiger partial charge in [-0.25, -0.2) is 8.42 Å². The van der Waals surface area contributed by atoms with Gasteiger partial charge in [0.2, 0.25) is 7.90 Å². The zero-order valence-electron chi connectivity index (χ0n) is 21.5. The van der Waals surface area contributed by atoms with Gasteiger partial charge in [-0.05, 0) is 77.6 Å². The molecule has 0 heterocycles. The fraction of sp³-hybridized carbons (Fsp3) is 0.200. The monoisotopic (exact) mass is 618 g/mol. The van der Waals surface area contributed by atoms with Crippen molar-refractivity contribution in [3.63, 3.8) is 0 Å². The zero-order valence-corrected chi connectivity index (χ0v) is 25.6. The summed E-state index contributed by atoms with van der Waals surface area (Å²) in [5, 5.41) is 20.0. The fourth-order valence-corrected chi connectivity index (χ4v) is 36.6. The second-order valence-electron chi connectivity index (χ2n) is 8.62. The van der Waals surface area contributed by atoms with Gasteiger partial charge >= 0.3 is 0 Å². The molecule has 0 fully saturated rings.